The highest BCUT2D eigenvalue weighted by Gasteiger charge is 2.45. The number of rotatable bonds is 0. The molecule has 0 radical (unpaired) electrons. The van der Waals surface area contributed by atoms with E-state index >= 15 is 0 Å². The zero-order valence-corrected chi connectivity index (χ0v) is 24.0. The Morgan fingerprint density at radius 3 is 2.75 bits per heavy atom. The van der Waals surface area contributed by atoms with E-state index in [0.29, 0.717) is 43.2 Å². The van der Waals surface area contributed by atoms with Gasteiger partial charge in [-0.3, -0.25) is 4.79 Å². The van der Waals surface area contributed by atoms with Crippen LogP contribution in [0.5, 0.6) is 5.75 Å². The van der Waals surface area contributed by atoms with Crippen LogP contribution in [0, 0.1) is 17.8 Å². The van der Waals surface area contributed by atoms with Crippen LogP contribution in [-0.2, 0) is 21.9 Å². The number of ether oxygens (including phenoxy) is 1. The Morgan fingerprint density at radius 1 is 1.10 bits per heavy atom. The van der Waals surface area contributed by atoms with E-state index in [1.807, 2.05) is 18.2 Å². The van der Waals surface area contributed by atoms with Gasteiger partial charge in [-0.2, -0.15) is 0 Å². The van der Waals surface area contributed by atoms with Gasteiger partial charge in [0.2, 0.25) is 10.0 Å². The Hall–Kier alpha value is -2.55. The van der Waals surface area contributed by atoms with Gasteiger partial charge in [-0.05, 0) is 104 Å². The van der Waals surface area contributed by atoms with E-state index in [1.165, 1.54) is 11.1 Å². The number of fused-ring (bicyclic) bond motifs is 5. The van der Waals surface area contributed by atoms with Gasteiger partial charge in [-0.25, -0.2) is 13.1 Å². The molecule has 9 heteroatoms. The smallest absolute Gasteiger partial charge is 0.264 e. The average Bonchev–Trinajstić information content (AvgIpc) is 3.01. The quantitative estimate of drug-likeness (QED) is 0.441. The number of amides is 1. The maximum Gasteiger partial charge on any atom is 0.264 e. The zero-order valence-electron chi connectivity index (χ0n) is 22.4. The van der Waals surface area contributed by atoms with Crippen molar-refractivity contribution in [3.63, 3.8) is 0 Å². The molecule has 1 spiro atoms. The van der Waals surface area contributed by atoms with Crippen molar-refractivity contribution in [3.05, 3.63) is 70.3 Å². The van der Waals surface area contributed by atoms with Crippen LogP contribution in [0.2, 0.25) is 5.02 Å². The maximum atomic E-state index is 13.2. The van der Waals surface area contributed by atoms with Gasteiger partial charge in [0.1, 0.15) is 5.75 Å². The lowest BCUT2D eigenvalue weighted by atomic mass is 9.68. The largest absolute Gasteiger partial charge is 0.490 e. The van der Waals surface area contributed by atoms with Crippen LogP contribution >= 0.6 is 11.6 Å². The monoisotopic (exact) mass is 582 g/mol. The molecule has 3 heterocycles. The number of nitrogens with zero attached hydrogens (tertiary/aromatic N) is 1. The zero-order chi connectivity index (χ0) is 27.6. The summed E-state index contributed by atoms with van der Waals surface area (Å²) in [7, 11) is -3.80. The summed E-state index contributed by atoms with van der Waals surface area (Å²) < 4.78 is 34.7. The van der Waals surface area contributed by atoms with Gasteiger partial charge in [0.05, 0.1) is 23.6 Å². The number of carbonyl (C=O) groups is 1. The number of aryl methyl sites for hydroxylation is 1. The molecule has 0 aromatic heterocycles. The first-order chi connectivity index (χ1) is 19.2. The Kier molecular flexibility index (Phi) is 6.44. The lowest BCUT2D eigenvalue weighted by Crippen LogP contribution is -2.49. The minimum atomic E-state index is -3.80. The third-order valence-corrected chi connectivity index (χ3v) is 12.0. The molecule has 2 saturated carbocycles. The lowest BCUT2D eigenvalue weighted by molar-refractivity contribution is 0.0453. The van der Waals surface area contributed by atoms with Crippen LogP contribution in [0.4, 0.5) is 5.69 Å². The van der Waals surface area contributed by atoms with Crippen LogP contribution in [0.25, 0.3) is 0 Å². The lowest BCUT2D eigenvalue weighted by Gasteiger charge is -2.45. The molecule has 1 amide bonds. The van der Waals surface area contributed by atoms with Crippen molar-refractivity contribution in [1.82, 2.24) is 4.72 Å². The fourth-order valence-electron chi connectivity index (χ4n) is 7.51. The predicted octanol–water partition coefficient (Wildman–Crippen LogP) is 4.61. The summed E-state index contributed by atoms with van der Waals surface area (Å²) in [4.78, 5) is 15.5. The topological polar surface area (TPSA) is 95.9 Å². The van der Waals surface area contributed by atoms with Gasteiger partial charge in [-0.15, -0.1) is 0 Å². The third kappa shape index (κ3) is 4.52. The third-order valence-electron chi connectivity index (χ3n) is 10.1. The molecule has 6 aliphatic rings. The fourth-order valence-corrected chi connectivity index (χ4v) is 9.25. The number of halogens is 1. The molecule has 3 aliphatic carbocycles. The van der Waals surface area contributed by atoms with Gasteiger partial charge in [0.15, 0.2) is 0 Å². The molecule has 0 saturated heterocycles. The Morgan fingerprint density at radius 2 is 1.95 bits per heavy atom. The predicted molar refractivity (Wildman–Crippen MR) is 154 cm³/mol. The van der Waals surface area contributed by atoms with Gasteiger partial charge >= 0.3 is 0 Å². The summed E-state index contributed by atoms with van der Waals surface area (Å²) >= 11 is 6.37. The summed E-state index contributed by atoms with van der Waals surface area (Å²) in [5.74, 6) is 0.636. The van der Waals surface area contributed by atoms with E-state index in [1.54, 1.807) is 18.2 Å². The SMILES string of the molecule is O=C1NS(=O)(=O)[C@H]2C[C@@H](/C=C/[C@H](O)[C@@H]3CC[C@H]3CN3C[C@@]4(CCCc5cc(Cl)ccc54)COc4ccc1cc43)C2. The number of hydrogen-bond acceptors (Lipinski definition) is 6. The minimum Gasteiger partial charge on any atom is -0.490 e. The highest BCUT2D eigenvalue weighted by atomic mass is 35.5. The number of sulfonamides is 1. The summed E-state index contributed by atoms with van der Waals surface area (Å²) in [6.45, 7) is 1.94. The fraction of sp³-hybridized carbons (Fsp3) is 0.516. The van der Waals surface area contributed by atoms with Crippen LogP contribution in [0.1, 0.15) is 60.0 Å². The number of carbonyl (C=O) groups excluding carboxylic acids is 1. The molecule has 2 aromatic rings. The molecule has 4 bridgehead atoms. The Bertz CT molecular complexity index is 1490. The van der Waals surface area contributed by atoms with E-state index < -0.39 is 27.3 Å². The first-order valence-corrected chi connectivity index (χ1v) is 16.4. The molecule has 0 unspecified atom stereocenters. The second-order valence-corrected chi connectivity index (χ2v) is 14.9. The summed E-state index contributed by atoms with van der Waals surface area (Å²) in [5, 5.41) is 11.2. The van der Waals surface area contributed by atoms with Gasteiger partial charge in [0, 0.05) is 29.1 Å². The van der Waals surface area contributed by atoms with Crippen molar-refractivity contribution < 1.29 is 23.1 Å². The molecule has 2 N–H and O–H groups in total. The van der Waals surface area contributed by atoms with E-state index in [0.717, 1.165) is 49.4 Å². The highest BCUT2D eigenvalue weighted by molar-refractivity contribution is 7.90. The Labute approximate surface area is 240 Å². The van der Waals surface area contributed by atoms with Crippen molar-refractivity contribution in [2.45, 2.75) is 61.7 Å². The van der Waals surface area contributed by atoms with Crippen LogP contribution in [0.15, 0.2) is 48.6 Å². The molecule has 4 atom stereocenters. The van der Waals surface area contributed by atoms with Crippen molar-refractivity contribution >= 4 is 33.2 Å². The number of benzene rings is 2. The van der Waals surface area contributed by atoms with Crippen molar-refractivity contribution in [3.8, 4) is 5.75 Å². The maximum absolute atomic E-state index is 13.2. The van der Waals surface area contributed by atoms with E-state index in [2.05, 4.69) is 21.8 Å². The van der Waals surface area contributed by atoms with Crippen LogP contribution < -0.4 is 14.4 Å². The van der Waals surface area contributed by atoms with Gasteiger partial charge in [-0.1, -0.05) is 29.8 Å². The van der Waals surface area contributed by atoms with Gasteiger partial charge < -0.3 is 14.7 Å². The minimum absolute atomic E-state index is 0.103. The molecule has 3 aliphatic heterocycles. The van der Waals surface area contributed by atoms with Crippen LogP contribution in [-0.4, -0.2) is 50.5 Å². The second-order valence-electron chi connectivity index (χ2n) is 12.5. The number of aliphatic hydroxyl groups is 1. The standard InChI is InChI=1S/C31H35ClN2O5S/c32-23-6-8-26-20(14-23)2-1-11-31(26)17-34-16-22-4-7-25(22)28(35)9-3-19-12-24(13-19)40(37,38)33-30(36)21-5-10-29(39-18-31)27(34)15-21/h3,5-6,8-10,14-15,19,22,24-25,28,35H,1-2,4,7,11-13,16-18H2,(H,33,36)/b9-3+/t19-,22-,24+,25+,28-,31-/m0/s1. The molecule has 8 rings (SSSR count). The van der Waals surface area contributed by atoms with E-state index in [9.17, 15) is 18.3 Å². The van der Waals surface area contributed by atoms with Gasteiger partial charge in [0.25, 0.3) is 5.91 Å². The first-order valence-electron chi connectivity index (χ1n) is 14.4. The second kappa shape index (κ2) is 9.78. The van der Waals surface area contributed by atoms with E-state index in [4.69, 9.17) is 16.3 Å². The van der Waals surface area contributed by atoms with Crippen molar-refractivity contribution in [2.75, 3.05) is 24.6 Å². The summed E-state index contributed by atoms with van der Waals surface area (Å²) in [6.07, 6.45) is 9.19. The molecule has 40 heavy (non-hydrogen) atoms. The summed E-state index contributed by atoms with van der Waals surface area (Å²) in [5.41, 5.74) is 3.38. The van der Waals surface area contributed by atoms with Crippen molar-refractivity contribution in [1.29, 1.82) is 0 Å². The van der Waals surface area contributed by atoms with Crippen molar-refractivity contribution in [2.24, 2.45) is 17.8 Å². The normalized spacial score (nSPS) is 35.1. The molecule has 2 fully saturated rings. The summed E-state index contributed by atoms with van der Waals surface area (Å²) in [6, 6.07) is 11.4. The van der Waals surface area contributed by atoms with E-state index in [-0.39, 0.29) is 17.3 Å². The molecule has 7 nitrogen and oxygen atoms in total. The number of allylic oxidation sites excluding steroid dienone is 1. The Balaban J connectivity index is 1.30. The number of aliphatic hydroxyl groups excluding tert-OH is 1. The average molecular weight is 583 g/mol. The molecular formula is C31H35ClN2O5S. The highest BCUT2D eigenvalue weighted by Crippen LogP contribution is 2.47. The number of hydrogen-bond donors (Lipinski definition) is 2. The molecule has 2 aromatic carbocycles. The van der Waals surface area contributed by atoms with Crippen LogP contribution in [0.3, 0.4) is 0 Å². The number of nitrogens with one attached hydrogen (secondary N) is 1. The molecular weight excluding hydrogens is 548 g/mol. The number of anilines is 1. The molecule has 212 valence electrons. The first kappa shape index (κ1) is 26.4.